The summed E-state index contributed by atoms with van der Waals surface area (Å²) in [5.41, 5.74) is -0.314. The number of carbonyl (C=O) groups is 2. The Labute approximate surface area is 119 Å². The van der Waals surface area contributed by atoms with Gasteiger partial charge in [0.05, 0.1) is 18.0 Å². The maximum absolute atomic E-state index is 12.6. The number of hydrogen-bond donors (Lipinski definition) is 1. The van der Waals surface area contributed by atoms with Gasteiger partial charge >= 0.3 is 6.18 Å². The van der Waals surface area contributed by atoms with Crippen LogP contribution in [-0.4, -0.2) is 29.3 Å². The molecule has 2 rings (SSSR count). The van der Waals surface area contributed by atoms with E-state index in [1.54, 1.807) is 13.0 Å². The van der Waals surface area contributed by atoms with Crippen LogP contribution in [-0.2, 0) is 22.3 Å². The molecule has 0 radical (unpaired) electrons. The van der Waals surface area contributed by atoms with Gasteiger partial charge in [-0.1, -0.05) is 18.2 Å². The van der Waals surface area contributed by atoms with E-state index in [0.717, 1.165) is 17.0 Å². The Hall–Kier alpha value is -1.89. The summed E-state index contributed by atoms with van der Waals surface area (Å²) in [5, 5.41) is 2.84. The van der Waals surface area contributed by atoms with Crippen molar-refractivity contribution in [3.05, 3.63) is 35.4 Å². The second-order valence-electron chi connectivity index (χ2n) is 4.81. The predicted octanol–water partition coefficient (Wildman–Crippen LogP) is 1.94. The molecule has 1 aromatic carbocycles. The number of imide groups is 1. The summed E-state index contributed by atoms with van der Waals surface area (Å²) in [6.45, 7) is 2.11. The zero-order chi connectivity index (χ0) is 15.6. The van der Waals surface area contributed by atoms with E-state index in [2.05, 4.69) is 5.32 Å². The average Bonchev–Trinajstić information content (AvgIpc) is 2.70. The lowest BCUT2D eigenvalue weighted by molar-refractivity contribution is -0.139. The first kappa shape index (κ1) is 15.5. The first-order valence-electron chi connectivity index (χ1n) is 6.56. The molecule has 1 fully saturated rings. The van der Waals surface area contributed by atoms with Gasteiger partial charge < -0.3 is 5.32 Å². The lowest BCUT2D eigenvalue weighted by Crippen LogP contribution is -2.38. The van der Waals surface area contributed by atoms with Gasteiger partial charge in [-0.25, -0.2) is 0 Å². The number of likely N-dealkylation sites (tertiary alicyclic amines) is 1. The van der Waals surface area contributed by atoms with Gasteiger partial charge in [0.15, 0.2) is 0 Å². The smallest absolute Gasteiger partial charge is 0.301 e. The fourth-order valence-corrected chi connectivity index (χ4v) is 2.27. The summed E-state index contributed by atoms with van der Waals surface area (Å²) >= 11 is 0. The Kier molecular flexibility index (Phi) is 4.32. The second kappa shape index (κ2) is 5.85. The SMILES string of the molecule is CCN1C(=O)CC(NCc2cccc(C(F)(F)F)c2)C1=O. The average molecular weight is 300 g/mol. The van der Waals surface area contributed by atoms with Crippen molar-refractivity contribution in [3.63, 3.8) is 0 Å². The van der Waals surface area contributed by atoms with Crippen LogP contribution in [0.15, 0.2) is 24.3 Å². The van der Waals surface area contributed by atoms with E-state index in [1.807, 2.05) is 0 Å². The monoisotopic (exact) mass is 300 g/mol. The number of likely N-dealkylation sites (N-methyl/N-ethyl adjacent to an activating group) is 1. The Morgan fingerprint density at radius 3 is 2.62 bits per heavy atom. The van der Waals surface area contributed by atoms with Gasteiger partial charge in [0.2, 0.25) is 11.8 Å². The van der Waals surface area contributed by atoms with E-state index < -0.39 is 17.8 Å². The molecule has 0 bridgehead atoms. The van der Waals surface area contributed by atoms with Crippen LogP contribution in [0.5, 0.6) is 0 Å². The minimum atomic E-state index is -4.39. The number of benzene rings is 1. The van der Waals surface area contributed by atoms with Crippen molar-refractivity contribution in [1.82, 2.24) is 10.2 Å². The molecule has 0 aliphatic carbocycles. The van der Waals surface area contributed by atoms with Crippen LogP contribution >= 0.6 is 0 Å². The summed E-state index contributed by atoms with van der Waals surface area (Å²) in [6, 6.07) is 4.23. The van der Waals surface area contributed by atoms with E-state index in [4.69, 9.17) is 0 Å². The Bertz CT molecular complexity index is 557. The minimum absolute atomic E-state index is 0.0473. The molecule has 1 aliphatic rings. The normalized spacial score (nSPS) is 19.4. The molecular formula is C14H15F3N2O2. The van der Waals surface area contributed by atoms with Crippen LogP contribution in [0.25, 0.3) is 0 Å². The molecule has 0 spiro atoms. The van der Waals surface area contributed by atoms with E-state index in [9.17, 15) is 22.8 Å². The number of halogens is 3. The molecule has 114 valence electrons. The molecule has 4 nitrogen and oxygen atoms in total. The summed E-state index contributed by atoms with van der Waals surface area (Å²) in [7, 11) is 0. The first-order chi connectivity index (χ1) is 9.82. The zero-order valence-corrected chi connectivity index (χ0v) is 11.4. The highest BCUT2D eigenvalue weighted by molar-refractivity contribution is 6.05. The minimum Gasteiger partial charge on any atom is -0.301 e. The van der Waals surface area contributed by atoms with E-state index in [0.29, 0.717) is 12.1 Å². The van der Waals surface area contributed by atoms with Gasteiger partial charge in [-0.15, -0.1) is 0 Å². The number of nitrogens with one attached hydrogen (secondary N) is 1. The lowest BCUT2D eigenvalue weighted by atomic mass is 10.1. The van der Waals surface area contributed by atoms with Crippen LogP contribution in [0, 0.1) is 0 Å². The van der Waals surface area contributed by atoms with Crippen molar-refractivity contribution in [2.75, 3.05) is 6.54 Å². The van der Waals surface area contributed by atoms with Gasteiger partial charge in [-0.05, 0) is 18.6 Å². The number of rotatable bonds is 4. The van der Waals surface area contributed by atoms with Crippen LogP contribution in [0.2, 0.25) is 0 Å². The maximum Gasteiger partial charge on any atom is 0.416 e. The largest absolute Gasteiger partial charge is 0.416 e. The van der Waals surface area contributed by atoms with Crippen molar-refractivity contribution in [1.29, 1.82) is 0 Å². The van der Waals surface area contributed by atoms with Gasteiger partial charge in [-0.2, -0.15) is 13.2 Å². The van der Waals surface area contributed by atoms with E-state index in [1.165, 1.54) is 6.07 Å². The quantitative estimate of drug-likeness (QED) is 0.865. The molecule has 0 saturated carbocycles. The van der Waals surface area contributed by atoms with Crippen molar-refractivity contribution in [2.45, 2.75) is 32.1 Å². The Morgan fingerprint density at radius 1 is 1.33 bits per heavy atom. The van der Waals surface area contributed by atoms with Gasteiger partial charge in [0, 0.05) is 13.1 Å². The predicted molar refractivity (Wildman–Crippen MR) is 69.1 cm³/mol. The molecule has 2 amide bonds. The number of carbonyl (C=O) groups excluding carboxylic acids is 2. The van der Waals surface area contributed by atoms with Crippen molar-refractivity contribution in [2.24, 2.45) is 0 Å². The Morgan fingerprint density at radius 2 is 2.05 bits per heavy atom. The molecule has 7 heteroatoms. The highest BCUT2D eigenvalue weighted by atomic mass is 19.4. The summed E-state index contributed by atoms with van der Waals surface area (Å²) in [6.07, 6.45) is -4.35. The second-order valence-corrected chi connectivity index (χ2v) is 4.81. The van der Waals surface area contributed by atoms with Gasteiger partial charge in [-0.3, -0.25) is 14.5 Å². The molecule has 1 aliphatic heterocycles. The molecular weight excluding hydrogens is 285 g/mol. The maximum atomic E-state index is 12.6. The number of nitrogens with zero attached hydrogens (tertiary/aromatic N) is 1. The fourth-order valence-electron chi connectivity index (χ4n) is 2.27. The lowest BCUT2D eigenvalue weighted by Gasteiger charge is -2.14. The third kappa shape index (κ3) is 3.41. The van der Waals surface area contributed by atoms with Gasteiger partial charge in [0.25, 0.3) is 0 Å². The van der Waals surface area contributed by atoms with Crippen LogP contribution in [0.3, 0.4) is 0 Å². The summed E-state index contributed by atoms with van der Waals surface area (Å²) in [4.78, 5) is 24.5. The van der Waals surface area contributed by atoms with Gasteiger partial charge in [0.1, 0.15) is 0 Å². The standard InChI is InChI=1S/C14H15F3N2O2/c1-2-19-12(20)7-11(13(19)21)18-8-9-4-3-5-10(6-9)14(15,16)17/h3-6,11,18H,2,7-8H2,1H3. The summed E-state index contributed by atoms with van der Waals surface area (Å²) < 4.78 is 37.8. The molecule has 1 heterocycles. The molecule has 21 heavy (non-hydrogen) atoms. The number of amides is 2. The van der Waals surface area contributed by atoms with Crippen LogP contribution in [0.4, 0.5) is 13.2 Å². The third-order valence-corrected chi connectivity index (χ3v) is 3.37. The number of hydrogen-bond acceptors (Lipinski definition) is 3. The van der Waals surface area contributed by atoms with Crippen molar-refractivity contribution < 1.29 is 22.8 Å². The highest BCUT2D eigenvalue weighted by Crippen LogP contribution is 2.29. The van der Waals surface area contributed by atoms with E-state index >= 15 is 0 Å². The molecule has 0 aromatic heterocycles. The number of alkyl halides is 3. The molecule has 1 atom stereocenters. The zero-order valence-electron chi connectivity index (χ0n) is 11.4. The van der Waals surface area contributed by atoms with Crippen LogP contribution in [0.1, 0.15) is 24.5 Å². The molecule has 1 saturated heterocycles. The van der Waals surface area contributed by atoms with Crippen molar-refractivity contribution in [3.8, 4) is 0 Å². The highest BCUT2D eigenvalue weighted by Gasteiger charge is 2.37. The molecule has 1 unspecified atom stereocenters. The first-order valence-corrected chi connectivity index (χ1v) is 6.56. The molecule has 1 N–H and O–H groups in total. The Balaban J connectivity index is 2.01. The topological polar surface area (TPSA) is 49.4 Å². The van der Waals surface area contributed by atoms with Crippen LogP contribution < -0.4 is 5.32 Å². The summed E-state index contributed by atoms with van der Waals surface area (Å²) in [5.74, 6) is -0.585. The molecule has 1 aromatic rings. The van der Waals surface area contributed by atoms with E-state index in [-0.39, 0.29) is 24.8 Å². The fraction of sp³-hybridized carbons (Fsp3) is 0.429. The third-order valence-electron chi connectivity index (χ3n) is 3.37. The van der Waals surface area contributed by atoms with Crippen molar-refractivity contribution >= 4 is 11.8 Å².